The lowest BCUT2D eigenvalue weighted by molar-refractivity contribution is 0.0949. The van der Waals surface area contributed by atoms with Gasteiger partial charge in [0.15, 0.2) is 0 Å². The van der Waals surface area contributed by atoms with Gasteiger partial charge >= 0.3 is 0 Å². The number of hydrogen-bond donors (Lipinski definition) is 1. The molecule has 5 heteroatoms. The molecule has 0 atom stereocenters. The molecule has 0 heterocycles. The summed E-state index contributed by atoms with van der Waals surface area (Å²) in [5.74, 6) is 0.173. The predicted octanol–water partition coefficient (Wildman–Crippen LogP) is 4.15. The Hall–Kier alpha value is -1.63. The van der Waals surface area contributed by atoms with Gasteiger partial charge in [-0.25, -0.2) is 4.39 Å². The first-order chi connectivity index (χ1) is 10.5. The van der Waals surface area contributed by atoms with Crippen LogP contribution in [0.2, 0.25) is 0 Å². The van der Waals surface area contributed by atoms with E-state index in [-0.39, 0.29) is 17.8 Å². The molecule has 1 N–H and O–H groups in total. The van der Waals surface area contributed by atoms with Crippen molar-refractivity contribution in [2.45, 2.75) is 26.5 Å². The number of rotatable bonds is 5. The Morgan fingerprint density at radius 1 is 1.27 bits per heavy atom. The molecular weight excluding hydrogens is 396 g/mol. The average Bonchev–Trinajstić information content (AvgIpc) is 2.45. The molecule has 0 aromatic heterocycles. The Balaban J connectivity index is 2.08. The normalized spacial score (nSPS) is 10.6. The minimum atomic E-state index is -0.350. The van der Waals surface area contributed by atoms with Crippen molar-refractivity contribution >= 4 is 28.5 Å². The van der Waals surface area contributed by atoms with Crippen LogP contribution in [0.4, 0.5) is 4.39 Å². The fraction of sp³-hybridized carbons (Fsp3) is 0.235. The quantitative estimate of drug-likeness (QED) is 0.749. The molecule has 0 radical (unpaired) electrons. The van der Waals surface area contributed by atoms with Crippen LogP contribution in [-0.4, -0.2) is 12.0 Å². The van der Waals surface area contributed by atoms with Crippen LogP contribution in [0, 0.1) is 9.39 Å². The molecule has 2 aromatic carbocycles. The topological polar surface area (TPSA) is 38.3 Å². The molecule has 0 aliphatic heterocycles. The molecule has 0 bridgehead atoms. The summed E-state index contributed by atoms with van der Waals surface area (Å²) < 4.78 is 19.4. The van der Waals surface area contributed by atoms with Gasteiger partial charge in [0.25, 0.3) is 5.91 Å². The summed E-state index contributed by atoms with van der Waals surface area (Å²) in [6.07, 6.45) is 0.0647. The second kappa shape index (κ2) is 7.58. The summed E-state index contributed by atoms with van der Waals surface area (Å²) >= 11 is 1.95. The van der Waals surface area contributed by atoms with Gasteiger partial charge in [-0.2, -0.15) is 0 Å². The Bertz CT molecular complexity index is 673. The lowest BCUT2D eigenvalue weighted by Crippen LogP contribution is -2.24. The van der Waals surface area contributed by atoms with Crippen molar-refractivity contribution < 1.29 is 13.9 Å². The Labute approximate surface area is 143 Å². The van der Waals surface area contributed by atoms with E-state index in [1.807, 2.05) is 60.7 Å². The molecule has 0 aliphatic carbocycles. The van der Waals surface area contributed by atoms with Gasteiger partial charge in [-0.05, 0) is 60.7 Å². The maximum atomic E-state index is 13.1. The maximum Gasteiger partial charge on any atom is 0.252 e. The summed E-state index contributed by atoms with van der Waals surface area (Å²) in [5, 5.41) is 2.84. The van der Waals surface area contributed by atoms with Crippen molar-refractivity contribution in [3.05, 3.63) is 63.0 Å². The third kappa shape index (κ3) is 4.43. The predicted molar refractivity (Wildman–Crippen MR) is 92.5 cm³/mol. The van der Waals surface area contributed by atoms with Crippen molar-refractivity contribution in [2.75, 3.05) is 0 Å². The van der Waals surface area contributed by atoms with E-state index in [0.717, 1.165) is 11.3 Å². The lowest BCUT2D eigenvalue weighted by Gasteiger charge is -2.14. The number of hydrogen-bond acceptors (Lipinski definition) is 2. The Morgan fingerprint density at radius 2 is 2.00 bits per heavy atom. The van der Waals surface area contributed by atoms with Crippen molar-refractivity contribution in [1.82, 2.24) is 5.32 Å². The Morgan fingerprint density at radius 3 is 2.68 bits per heavy atom. The summed E-state index contributed by atoms with van der Waals surface area (Å²) in [4.78, 5) is 12.2. The highest BCUT2D eigenvalue weighted by molar-refractivity contribution is 14.1. The molecule has 2 rings (SSSR count). The van der Waals surface area contributed by atoms with E-state index in [1.54, 1.807) is 0 Å². The van der Waals surface area contributed by atoms with Crippen LogP contribution in [0.1, 0.15) is 29.8 Å². The monoisotopic (exact) mass is 413 g/mol. The number of nitrogens with one attached hydrogen (secondary N) is 1. The van der Waals surface area contributed by atoms with E-state index in [9.17, 15) is 9.18 Å². The molecule has 22 heavy (non-hydrogen) atoms. The fourth-order valence-electron chi connectivity index (χ4n) is 1.96. The van der Waals surface area contributed by atoms with Crippen LogP contribution >= 0.6 is 22.6 Å². The minimum Gasteiger partial charge on any atom is -0.491 e. The molecule has 0 saturated heterocycles. The number of amides is 1. The number of benzene rings is 2. The smallest absolute Gasteiger partial charge is 0.252 e. The van der Waals surface area contributed by atoms with Crippen LogP contribution < -0.4 is 10.1 Å². The molecule has 2 aromatic rings. The molecule has 0 unspecified atom stereocenters. The molecule has 116 valence electrons. The van der Waals surface area contributed by atoms with Crippen LogP contribution in [0.15, 0.2) is 42.5 Å². The van der Waals surface area contributed by atoms with Crippen molar-refractivity contribution in [2.24, 2.45) is 0 Å². The summed E-state index contributed by atoms with van der Waals surface area (Å²) in [6.45, 7) is 4.27. The van der Waals surface area contributed by atoms with E-state index < -0.39 is 0 Å². The summed E-state index contributed by atoms with van der Waals surface area (Å²) in [5.41, 5.74) is 1.37. The SMILES string of the molecule is CC(C)Oc1ccccc1CNC(=O)c1ccc(F)cc1I. The molecule has 1 amide bonds. The van der Waals surface area contributed by atoms with E-state index in [1.165, 1.54) is 18.2 Å². The summed E-state index contributed by atoms with van der Waals surface area (Å²) in [6, 6.07) is 11.7. The minimum absolute atomic E-state index is 0.0647. The first kappa shape index (κ1) is 16.7. The van der Waals surface area contributed by atoms with Crippen LogP contribution in [-0.2, 0) is 6.54 Å². The average molecular weight is 413 g/mol. The van der Waals surface area contributed by atoms with Crippen LogP contribution in [0.25, 0.3) is 0 Å². The molecule has 0 spiro atoms. The van der Waals surface area contributed by atoms with E-state index in [2.05, 4.69) is 5.32 Å². The zero-order valence-electron chi connectivity index (χ0n) is 12.4. The van der Waals surface area contributed by atoms with Crippen molar-refractivity contribution in [1.29, 1.82) is 0 Å². The summed E-state index contributed by atoms with van der Waals surface area (Å²) in [7, 11) is 0. The van der Waals surface area contributed by atoms with Gasteiger partial charge in [-0.1, -0.05) is 18.2 Å². The molecule has 0 fully saturated rings. The van der Waals surface area contributed by atoms with Gasteiger partial charge in [0.1, 0.15) is 11.6 Å². The second-order valence-electron chi connectivity index (χ2n) is 5.08. The molecule has 3 nitrogen and oxygen atoms in total. The van der Waals surface area contributed by atoms with Crippen LogP contribution in [0.3, 0.4) is 0 Å². The van der Waals surface area contributed by atoms with Gasteiger partial charge in [-0.3, -0.25) is 4.79 Å². The highest BCUT2D eigenvalue weighted by Crippen LogP contribution is 2.20. The van der Waals surface area contributed by atoms with Crippen molar-refractivity contribution in [3.8, 4) is 5.75 Å². The van der Waals surface area contributed by atoms with Gasteiger partial charge in [-0.15, -0.1) is 0 Å². The molecule has 0 saturated carbocycles. The lowest BCUT2D eigenvalue weighted by atomic mass is 10.1. The highest BCUT2D eigenvalue weighted by atomic mass is 127. The van der Waals surface area contributed by atoms with E-state index >= 15 is 0 Å². The van der Waals surface area contributed by atoms with Gasteiger partial charge < -0.3 is 10.1 Å². The van der Waals surface area contributed by atoms with Gasteiger partial charge in [0.05, 0.1) is 11.7 Å². The zero-order chi connectivity index (χ0) is 16.1. The maximum absolute atomic E-state index is 13.1. The Kier molecular flexibility index (Phi) is 5.76. The number of carbonyl (C=O) groups is 1. The third-order valence-corrected chi connectivity index (χ3v) is 3.84. The van der Waals surface area contributed by atoms with E-state index in [4.69, 9.17) is 4.74 Å². The highest BCUT2D eigenvalue weighted by Gasteiger charge is 2.12. The number of para-hydroxylation sites is 1. The standard InChI is InChI=1S/C17H17FINO2/c1-11(2)22-16-6-4-3-5-12(16)10-20-17(21)14-8-7-13(18)9-15(14)19/h3-9,11H,10H2,1-2H3,(H,20,21). The molecule has 0 aliphatic rings. The van der Waals surface area contributed by atoms with Crippen LogP contribution in [0.5, 0.6) is 5.75 Å². The molecular formula is C17H17FINO2. The van der Waals surface area contributed by atoms with Gasteiger partial charge in [0, 0.05) is 15.7 Å². The van der Waals surface area contributed by atoms with Gasteiger partial charge in [0.2, 0.25) is 0 Å². The number of halogens is 2. The second-order valence-corrected chi connectivity index (χ2v) is 6.24. The van der Waals surface area contributed by atoms with Crippen molar-refractivity contribution in [3.63, 3.8) is 0 Å². The number of carbonyl (C=O) groups excluding carboxylic acids is 1. The third-order valence-electron chi connectivity index (χ3n) is 2.95. The van der Waals surface area contributed by atoms with E-state index in [0.29, 0.717) is 15.7 Å². The first-order valence-corrected chi connectivity index (χ1v) is 8.03. The number of ether oxygens (including phenoxy) is 1. The zero-order valence-corrected chi connectivity index (χ0v) is 14.6. The fourth-order valence-corrected chi connectivity index (χ4v) is 2.69. The largest absolute Gasteiger partial charge is 0.491 e. The first-order valence-electron chi connectivity index (χ1n) is 6.95.